The zero-order chi connectivity index (χ0) is 10.8. The zero-order valence-electron chi connectivity index (χ0n) is 9.54. The Morgan fingerprint density at radius 2 is 2.20 bits per heavy atom. The van der Waals surface area contributed by atoms with Crippen molar-refractivity contribution in [1.29, 1.82) is 0 Å². The lowest BCUT2D eigenvalue weighted by molar-refractivity contribution is 0.646. The third kappa shape index (κ3) is 1.63. The standard InChI is InChI=1S/C12H17N3/c1-4-15-9(2)11-7-5-6-10(8-13-3)12(11)14-15/h5-7,13H,4,8H2,1-3H3. The van der Waals surface area contributed by atoms with Gasteiger partial charge in [-0.2, -0.15) is 5.10 Å². The summed E-state index contributed by atoms with van der Waals surface area (Å²) in [6.45, 7) is 6.05. The van der Waals surface area contributed by atoms with Gasteiger partial charge in [-0.25, -0.2) is 0 Å². The molecule has 80 valence electrons. The van der Waals surface area contributed by atoms with Crippen molar-refractivity contribution in [2.24, 2.45) is 0 Å². The summed E-state index contributed by atoms with van der Waals surface area (Å²) < 4.78 is 2.06. The fraction of sp³-hybridized carbons (Fsp3) is 0.417. The summed E-state index contributed by atoms with van der Waals surface area (Å²) in [7, 11) is 1.96. The summed E-state index contributed by atoms with van der Waals surface area (Å²) in [6, 6.07) is 6.37. The van der Waals surface area contributed by atoms with Gasteiger partial charge in [0.1, 0.15) is 0 Å². The van der Waals surface area contributed by atoms with Crippen LogP contribution in [0.15, 0.2) is 18.2 Å². The minimum atomic E-state index is 0.873. The van der Waals surface area contributed by atoms with Crippen LogP contribution in [0, 0.1) is 6.92 Å². The van der Waals surface area contributed by atoms with Crippen LogP contribution < -0.4 is 5.32 Å². The average molecular weight is 203 g/mol. The Morgan fingerprint density at radius 3 is 2.87 bits per heavy atom. The Bertz CT molecular complexity index is 471. The molecule has 2 rings (SSSR count). The predicted octanol–water partition coefficient (Wildman–Crippen LogP) is 2.08. The number of nitrogens with zero attached hydrogens (tertiary/aromatic N) is 2. The van der Waals surface area contributed by atoms with Gasteiger partial charge in [-0.15, -0.1) is 0 Å². The van der Waals surface area contributed by atoms with Gasteiger partial charge in [0.15, 0.2) is 0 Å². The Labute approximate surface area is 90.1 Å². The zero-order valence-corrected chi connectivity index (χ0v) is 9.54. The summed E-state index contributed by atoms with van der Waals surface area (Å²) in [4.78, 5) is 0. The molecule has 0 saturated carbocycles. The molecule has 0 fully saturated rings. The number of fused-ring (bicyclic) bond motifs is 1. The van der Waals surface area contributed by atoms with Crippen LogP contribution in [0.4, 0.5) is 0 Å². The van der Waals surface area contributed by atoms with Gasteiger partial charge >= 0.3 is 0 Å². The van der Waals surface area contributed by atoms with Crippen LogP contribution in [0.5, 0.6) is 0 Å². The molecule has 0 bridgehead atoms. The van der Waals surface area contributed by atoms with Gasteiger partial charge in [0.2, 0.25) is 0 Å². The van der Waals surface area contributed by atoms with Crippen LogP contribution in [0.2, 0.25) is 0 Å². The number of aryl methyl sites for hydroxylation is 2. The van der Waals surface area contributed by atoms with Crippen molar-refractivity contribution in [2.75, 3.05) is 7.05 Å². The van der Waals surface area contributed by atoms with Gasteiger partial charge in [-0.05, 0) is 26.5 Å². The molecule has 0 unspecified atom stereocenters. The van der Waals surface area contributed by atoms with Crippen LogP contribution >= 0.6 is 0 Å². The van der Waals surface area contributed by atoms with Crippen LogP contribution in [0.1, 0.15) is 18.2 Å². The van der Waals surface area contributed by atoms with Crippen LogP contribution in [-0.4, -0.2) is 16.8 Å². The molecule has 1 heterocycles. The van der Waals surface area contributed by atoms with Gasteiger partial charge in [-0.3, -0.25) is 4.68 Å². The normalized spacial score (nSPS) is 11.1. The van der Waals surface area contributed by atoms with Crippen LogP contribution in [0.25, 0.3) is 10.9 Å². The van der Waals surface area contributed by atoms with Crippen molar-refractivity contribution >= 4 is 10.9 Å². The van der Waals surface area contributed by atoms with E-state index >= 15 is 0 Å². The highest BCUT2D eigenvalue weighted by Crippen LogP contribution is 2.21. The maximum atomic E-state index is 4.63. The van der Waals surface area contributed by atoms with E-state index < -0.39 is 0 Å². The predicted molar refractivity (Wildman–Crippen MR) is 62.9 cm³/mol. The van der Waals surface area contributed by atoms with E-state index in [9.17, 15) is 0 Å². The van der Waals surface area contributed by atoms with E-state index in [0.29, 0.717) is 0 Å². The molecule has 1 aromatic heterocycles. The van der Waals surface area contributed by atoms with E-state index in [4.69, 9.17) is 0 Å². The van der Waals surface area contributed by atoms with E-state index in [0.717, 1.165) is 18.6 Å². The molecular formula is C12H17N3. The smallest absolute Gasteiger partial charge is 0.0971 e. The van der Waals surface area contributed by atoms with Gasteiger partial charge < -0.3 is 5.32 Å². The molecule has 3 heteroatoms. The minimum absolute atomic E-state index is 0.873. The summed E-state index contributed by atoms with van der Waals surface area (Å²) in [5.41, 5.74) is 3.65. The van der Waals surface area contributed by atoms with Crippen molar-refractivity contribution in [3.63, 3.8) is 0 Å². The molecule has 0 saturated heterocycles. The van der Waals surface area contributed by atoms with E-state index in [1.54, 1.807) is 0 Å². The summed E-state index contributed by atoms with van der Waals surface area (Å²) in [6.07, 6.45) is 0. The van der Waals surface area contributed by atoms with Gasteiger partial charge in [0, 0.05) is 24.2 Å². The molecule has 0 atom stereocenters. The molecule has 0 aliphatic rings. The minimum Gasteiger partial charge on any atom is -0.316 e. The lowest BCUT2D eigenvalue weighted by Crippen LogP contribution is -2.05. The maximum Gasteiger partial charge on any atom is 0.0971 e. The lowest BCUT2D eigenvalue weighted by atomic mass is 10.1. The third-order valence-electron chi connectivity index (χ3n) is 2.78. The first-order valence-electron chi connectivity index (χ1n) is 5.37. The molecule has 1 N–H and O–H groups in total. The summed E-state index contributed by atoms with van der Waals surface area (Å²) in [5, 5.41) is 9.07. The second kappa shape index (κ2) is 4.03. The summed E-state index contributed by atoms with van der Waals surface area (Å²) >= 11 is 0. The van der Waals surface area contributed by atoms with Crippen molar-refractivity contribution in [3.8, 4) is 0 Å². The highest BCUT2D eigenvalue weighted by atomic mass is 15.3. The number of rotatable bonds is 3. The Hall–Kier alpha value is -1.35. The van der Waals surface area contributed by atoms with E-state index in [2.05, 4.69) is 47.1 Å². The Balaban J connectivity index is 2.65. The molecule has 0 aliphatic carbocycles. The molecular weight excluding hydrogens is 186 g/mol. The van der Waals surface area contributed by atoms with Crippen molar-refractivity contribution in [2.45, 2.75) is 26.9 Å². The van der Waals surface area contributed by atoms with Crippen molar-refractivity contribution in [3.05, 3.63) is 29.5 Å². The van der Waals surface area contributed by atoms with Gasteiger partial charge in [-0.1, -0.05) is 18.2 Å². The molecule has 0 amide bonds. The molecule has 0 radical (unpaired) electrons. The Kier molecular flexibility index (Phi) is 2.73. The van der Waals surface area contributed by atoms with E-state index in [-0.39, 0.29) is 0 Å². The Morgan fingerprint density at radius 1 is 1.40 bits per heavy atom. The molecule has 0 aliphatic heterocycles. The monoisotopic (exact) mass is 203 g/mol. The third-order valence-corrected chi connectivity index (χ3v) is 2.78. The fourth-order valence-corrected chi connectivity index (χ4v) is 1.98. The highest BCUT2D eigenvalue weighted by Gasteiger charge is 2.08. The largest absolute Gasteiger partial charge is 0.316 e. The quantitative estimate of drug-likeness (QED) is 0.827. The van der Waals surface area contributed by atoms with Crippen LogP contribution in [0.3, 0.4) is 0 Å². The summed E-state index contributed by atoms with van der Waals surface area (Å²) in [5.74, 6) is 0. The SMILES string of the molecule is CCn1nc2c(CNC)cccc2c1C. The van der Waals surface area contributed by atoms with Crippen molar-refractivity contribution < 1.29 is 0 Å². The lowest BCUT2D eigenvalue weighted by Gasteiger charge is -1.99. The van der Waals surface area contributed by atoms with Gasteiger partial charge in [0.05, 0.1) is 5.52 Å². The molecule has 3 nitrogen and oxygen atoms in total. The second-order valence-corrected chi connectivity index (χ2v) is 3.74. The molecule has 2 aromatic rings. The molecule has 15 heavy (non-hydrogen) atoms. The first-order chi connectivity index (χ1) is 7.27. The van der Waals surface area contributed by atoms with E-state index in [1.165, 1.54) is 16.6 Å². The number of benzene rings is 1. The topological polar surface area (TPSA) is 29.9 Å². The average Bonchev–Trinajstić information content (AvgIpc) is 2.58. The van der Waals surface area contributed by atoms with Crippen molar-refractivity contribution in [1.82, 2.24) is 15.1 Å². The van der Waals surface area contributed by atoms with E-state index in [1.807, 2.05) is 7.05 Å². The number of aromatic nitrogens is 2. The maximum absolute atomic E-state index is 4.63. The molecule has 0 spiro atoms. The first-order valence-corrected chi connectivity index (χ1v) is 5.37. The van der Waals surface area contributed by atoms with Gasteiger partial charge in [0.25, 0.3) is 0 Å². The number of nitrogens with one attached hydrogen (secondary N) is 1. The molecule has 1 aromatic carbocycles. The van der Waals surface area contributed by atoms with Crippen LogP contribution in [-0.2, 0) is 13.1 Å². The number of hydrogen-bond acceptors (Lipinski definition) is 2. The second-order valence-electron chi connectivity index (χ2n) is 3.74. The fourth-order valence-electron chi connectivity index (χ4n) is 1.98. The number of hydrogen-bond donors (Lipinski definition) is 1. The first kappa shape index (κ1) is 10.2. The highest BCUT2D eigenvalue weighted by molar-refractivity contribution is 5.84.